The van der Waals surface area contributed by atoms with E-state index in [1.54, 1.807) is 0 Å². The molecule has 0 aromatic carbocycles. The third kappa shape index (κ3) is 1.94. The van der Waals surface area contributed by atoms with Crippen molar-refractivity contribution in [3.05, 3.63) is 11.1 Å². The highest BCUT2D eigenvalue weighted by Gasteiger charge is 2.43. The summed E-state index contributed by atoms with van der Waals surface area (Å²) in [5.41, 5.74) is 0. The van der Waals surface area contributed by atoms with Crippen LogP contribution in [0.25, 0.3) is 0 Å². The minimum absolute atomic E-state index is 0.0131. The zero-order chi connectivity index (χ0) is 9.52. The van der Waals surface area contributed by atoms with E-state index in [4.69, 9.17) is 11.6 Å². The molecule has 1 fully saturated rings. The molecule has 1 saturated carbocycles. The molecule has 12 heavy (non-hydrogen) atoms. The number of hydrogen-bond donors (Lipinski definition) is 0. The number of halogens is 4. The third-order valence-electron chi connectivity index (χ3n) is 2.51. The summed E-state index contributed by atoms with van der Waals surface area (Å²) in [6.07, 6.45) is -3.25. The highest BCUT2D eigenvalue weighted by Crippen LogP contribution is 2.48. The molecule has 1 aliphatic carbocycles. The molecule has 1 rings (SSSR count). The highest BCUT2D eigenvalue weighted by atomic mass is 35.5. The van der Waals surface area contributed by atoms with Crippen molar-refractivity contribution in [2.24, 2.45) is 17.8 Å². The Morgan fingerprint density at radius 1 is 1.25 bits per heavy atom. The maximum Gasteiger partial charge on any atom is 0.426 e. The SMILES string of the molecule is CC1C(C)C1C=C(Cl)C(F)(F)F. The standard InChI is InChI=1S/C8H10ClF3/c1-4-5(2)6(4)3-7(9)8(10,11)12/h3-6H,1-2H3. The van der Waals surface area contributed by atoms with E-state index in [0.29, 0.717) is 11.8 Å². The Balaban J connectivity index is 2.59. The number of hydrogen-bond acceptors (Lipinski definition) is 0. The van der Waals surface area contributed by atoms with E-state index in [1.165, 1.54) is 0 Å². The molecule has 0 N–H and O–H groups in total. The van der Waals surface area contributed by atoms with Gasteiger partial charge in [-0.15, -0.1) is 0 Å². The minimum Gasteiger partial charge on any atom is -0.165 e. The first kappa shape index (κ1) is 9.90. The number of rotatable bonds is 1. The summed E-state index contributed by atoms with van der Waals surface area (Å²) in [4.78, 5) is 0. The lowest BCUT2D eigenvalue weighted by Gasteiger charge is -2.02. The molecule has 2 unspecified atom stereocenters. The van der Waals surface area contributed by atoms with Crippen LogP contribution in [0.3, 0.4) is 0 Å². The molecule has 4 heteroatoms. The fraction of sp³-hybridized carbons (Fsp3) is 0.750. The first-order valence-electron chi connectivity index (χ1n) is 3.78. The Kier molecular flexibility index (Phi) is 2.43. The van der Waals surface area contributed by atoms with Crippen LogP contribution in [0.4, 0.5) is 13.2 Å². The van der Waals surface area contributed by atoms with E-state index < -0.39 is 11.2 Å². The van der Waals surface area contributed by atoms with Crippen molar-refractivity contribution >= 4 is 11.6 Å². The van der Waals surface area contributed by atoms with E-state index in [0.717, 1.165) is 6.08 Å². The quantitative estimate of drug-likeness (QED) is 0.604. The Bertz CT molecular complexity index is 199. The molecule has 0 aromatic rings. The van der Waals surface area contributed by atoms with Crippen LogP contribution in [0.1, 0.15) is 13.8 Å². The van der Waals surface area contributed by atoms with Crippen LogP contribution < -0.4 is 0 Å². The third-order valence-corrected chi connectivity index (χ3v) is 2.85. The van der Waals surface area contributed by atoms with Gasteiger partial charge in [-0.3, -0.25) is 0 Å². The molecule has 0 spiro atoms. The first-order valence-corrected chi connectivity index (χ1v) is 4.16. The average Bonchev–Trinajstić information content (AvgIpc) is 2.43. The topological polar surface area (TPSA) is 0 Å². The van der Waals surface area contributed by atoms with E-state index in [2.05, 4.69) is 0 Å². The lowest BCUT2D eigenvalue weighted by atomic mass is 10.3. The van der Waals surface area contributed by atoms with Gasteiger partial charge in [0, 0.05) is 0 Å². The van der Waals surface area contributed by atoms with Crippen LogP contribution in [0.5, 0.6) is 0 Å². The molecule has 0 amide bonds. The smallest absolute Gasteiger partial charge is 0.165 e. The van der Waals surface area contributed by atoms with Crippen LogP contribution >= 0.6 is 11.6 Å². The summed E-state index contributed by atoms with van der Waals surface area (Å²) in [6, 6.07) is 0. The fourth-order valence-electron chi connectivity index (χ4n) is 1.27. The summed E-state index contributed by atoms with van der Waals surface area (Å²) in [5, 5.41) is -0.983. The minimum atomic E-state index is -4.37. The predicted molar refractivity (Wildman–Crippen MR) is 41.8 cm³/mol. The Morgan fingerprint density at radius 2 is 1.67 bits per heavy atom. The molecule has 0 aromatic heterocycles. The van der Waals surface area contributed by atoms with Crippen molar-refractivity contribution in [1.29, 1.82) is 0 Å². The molecule has 0 aliphatic heterocycles. The molecule has 0 saturated heterocycles. The van der Waals surface area contributed by atoms with Crippen molar-refractivity contribution < 1.29 is 13.2 Å². The normalized spacial score (nSPS) is 36.8. The zero-order valence-corrected chi connectivity index (χ0v) is 7.58. The van der Waals surface area contributed by atoms with Crippen LogP contribution in [0, 0.1) is 17.8 Å². The summed E-state index contributed by atoms with van der Waals surface area (Å²) in [7, 11) is 0. The first-order chi connectivity index (χ1) is 5.34. The maximum atomic E-state index is 11.9. The Hall–Kier alpha value is -0.180. The molecule has 0 heterocycles. The van der Waals surface area contributed by atoms with Gasteiger partial charge in [-0.1, -0.05) is 31.5 Å². The summed E-state index contributed by atoms with van der Waals surface area (Å²) in [6.45, 7) is 3.85. The lowest BCUT2D eigenvalue weighted by molar-refractivity contribution is -0.0848. The van der Waals surface area contributed by atoms with Gasteiger partial charge in [-0.05, 0) is 17.8 Å². The highest BCUT2D eigenvalue weighted by molar-refractivity contribution is 6.30. The van der Waals surface area contributed by atoms with Crippen LogP contribution in [0.2, 0.25) is 0 Å². The fourth-order valence-corrected chi connectivity index (χ4v) is 1.41. The van der Waals surface area contributed by atoms with E-state index >= 15 is 0 Å². The zero-order valence-electron chi connectivity index (χ0n) is 6.82. The van der Waals surface area contributed by atoms with Gasteiger partial charge in [0.05, 0.1) is 0 Å². The molecular formula is C8H10ClF3. The second-order valence-corrected chi connectivity index (χ2v) is 3.72. The summed E-state index contributed by atoms with van der Waals surface area (Å²) < 4.78 is 35.7. The van der Waals surface area contributed by atoms with Crippen molar-refractivity contribution in [2.45, 2.75) is 20.0 Å². The van der Waals surface area contributed by atoms with Crippen LogP contribution in [0.15, 0.2) is 11.1 Å². The monoisotopic (exact) mass is 198 g/mol. The van der Waals surface area contributed by atoms with Crippen molar-refractivity contribution in [3.63, 3.8) is 0 Å². The van der Waals surface area contributed by atoms with Crippen molar-refractivity contribution in [1.82, 2.24) is 0 Å². The number of allylic oxidation sites excluding steroid dienone is 2. The second-order valence-electron chi connectivity index (χ2n) is 3.31. The Morgan fingerprint density at radius 3 is 1.92 bits per heavy atom. The van der Waals surface area contributed by atoms with E-state index in [-0.39, 0.29) is 5.92 Å². The van der Waals surface area contributed by atoms with Gasteiger partial charge in [0.1, 0.15) is 5.03 Å². The molecule has 0 bridgehead atoms. The van der Waals surface area contributed by atoms with Gasteiger partial charge in [0.25, 0.3) is 0 Å². The van der Waals surface area contributed by atoms with E-state index in [9.17, 15) is 13.2 Å². The van der Waals surface area contributed by atoms with Gasteiger partial charge in [0.2, 0.25) is 0 Å². The molecule has 2 atom stereocenters. The molecule has 1 aliphatic rings. The van der Waals surface area contributed by atoms with Gasteiger partial charge >= 0.3 is 6.18 Å². The molecule has 0 radical (unpaired) electrons. The van der Waals surface area contributed by atoms with Crippen molar-refractivity contribution in [3.8, 4) is 0 Å². The average molecular weight is 199 g/mol. The van der Waals surface area contributed by atoms with E-state index in [1.807, 2.05) is 13.8 Å². The molecular weight excluding hydrogens is 189 g/mol. The van der Waals surface area contributed by atoms with Crippen LogP contribution in [-0.2, 0) is 0 Å². The second kappa shape index (κ2) is 2.95. The van der Waals surface area contributed by atoms with Crippen LogP contribution in [-0.4, -0.2) is 6.18 Å². The number of alkyl halides is 3. The van der Waals surface area contributed by atoms with Gasteiger partial charge in [0.15, 0.2) is 0 Å². The lowest BCUT2D eigenvalue weighted by Crippen LogP contribution is -2.07. The summed E-state index contributed by atoms with van der Waals surface area (Å²) >= 11 is 5.06. The van der Waals surface area contributed by atoms with Gasteiger partial charge in [-0.25, -0.2) is 0 Å². The summed E-state index contributed by atoms with van der Waals surface area (Å²) in [5.74, 6) is 0.682. The van der Waals surface area contributed by atoms with Gasteiger partial charge in [-0.2, -0.15) is 13.2 Å². The van der Waals surface area contributed by atoms with Crippen molar-refractivity contribution in [2.75, 3.05) is 0 Å². The Labute approximate surface area is 74.4 Å². The maximum absolute atomic E-state index is 11.9. The molecule has 70 valence electrons. The largest absolute Gasteiger partial charge is 0.426 e. The molecule has 0 nitrogen and oxygen atoms in total. The predicted octanol–water partition coefficient (Wildman–Crippen LogP) is 3.57. The van der Waals surface area contributed by atoms with Gasteiger partial charge < -0.3 is 0 Å².